The van der Waals surface area contributed by atoms with Crippen molar-refractivity contribution < 1.29 is 14.0 Å². The molecular formula is C14H15FN2O2. The Labute approximate surface area is 111 Å². The Kier molecular flexibility index (Phi) is 3.76. The number of carbonyl (C=O) groups is 2. The standard InChI is InChI=1S/C14H15FN2O2/c1-3-8-16(2)12-9-13(18)17(14(12)19)11-6-4-10(15)5-7-11/h3-7,12H,1,8-9H2,2H3. The van der Waals surface area contributed by atoms with Crippen LogP contribution < -0.4 is 4.90 Å². The summed E-state index contributed by atoms with van der Waals surface area (Å²) in [6.07, 6.45) is 1.82. The fourth-order valence-electron chi connectivity index (χ4n) is 2.15. The molecule has 0 N–H and O–H groups in total. The molecular weight excluding hydrogens is 247 g/mol. The van der Waals surface area contributed by atoms with Gasteiger partial charge >= 0.3 is 0 Å². The summed E-state index contributed by atoms with van der Waals surface area (Å²) in [5.74, 6) is -0.943. The van der Waals surface area contributed by atoms with E-state index in [0.717, 1.165) is 4.90 Å². The zero-order valence-corrected chi connectivity index (χ0v) is 10.7. The molecule has 1 aliphatic rings. The number of hydrogen-bond acceptors (Lipinski definition) is 3. The van der Waals surface area contributed by atoms with E-state index in [-0.39, 0.29) is 18.2 Å². The highest BCUT2D eigenvalue weighted by atomic mass is 19.1. The van der Waals surface area contributed by atoms with E-state index in [4.69, 9.17) is 0 Å². The third-order valence-electron chi connectivity index (χ3n) is 3.16. The summed E-state index contributed by atoms with van der Waals surface area (Å²) in [5, 5.41) is 0. The number of carbonyl (C=O) groups excluding carboxylic acids is 2. The Morgan fingerprint density at radius 3 is 2.63 bits per heavy atom. The highest BCUT2D eigenvalue weighted by Crippen LogP contribution is 2.25. The van der Waals surface area contributed by atoms with Gasteiger partial charge in [0.05, 0.1) is 18.2 Å². The molecule has 4 nitrogen and oxygen atoms in total. The van der Waals surface area contributed by atoms with E-state index in [9.17, 15) is 14.0 Å². The lowest BCUT2D eigenvalue weighted by Gasteiger charge is -2.21. The van der Waals surface area contributed by atoms with Crippen molar-refractivity contribution in [2.45, 2.75) is 12.5 Å². The van der Waals surface area contributed by atoms with Crippen LogP contribution in [-0.2, 0) is 9.59 Å². The molecule has 0 saturated carbocycles. The molecule has 0 aromatic heterocycles. The number of halogens is 1. The van der Waals surface area contributed by atoms with Crippen molar-refractivity contribution in [1.29, 1.82) is 0 Å². The topological polar surface area (TPSA) is 40.6 Å². The van der Waals surface area contributed by atoms with Crippen LogP contribution in [0.15, 0.2) is 36.9 Å². The van der Waals surface area contributed by atoms with Gasteiger partial charge in [0.25, 0.3) is 5.91 Å². The van der Waals surface area contributed by atoms with Crippen LogP contribution in [0.5, 0.6) is 0 Å². The first-order chi connectivity index (χ1) is 9.04. The first-order valence-electron chi connectivity index (χ1n) is 5.98. The number of amides is 2. The Balaban J connectivity index is 2.23. The van der Waals surface area contributed by atoms with Gasteiger partial charge in [-0.1, -0.05) is 6.08 Å². The average Bonchev–Trinajstić information content (AvgIpc) is 2.67. The van der Waals surface area contributed by atoms with Gasteiger partial charge in [0.15, 0.2) is 0 Å². The normalized spacial score (nSPS) is 19.3. The smallest absolute Gasteiger partial charge is 0.251 e. The molecule has 0 spiro atoms. The van der Waals surface area contributed by atoms with Crippen molar-refractivity contribution in [2.75, 3.05) is 18.5 Å². The van der Waals surface area contributed by atoms with E-state index >= 15 is 0 Å². The van der Waals surface area contributed by atoms with Crippen molar-refractivity contribution in [3.8, 4) is 0 Å². The summed E-state index contributed by atoms with van der Waals surface area (Å²) in [6.45, 7) is 4.14. The first kappa shape index (κ1) is 13.4. The molecule has 19 heavy (non-hydrogen) atoms. The van der Waals surface area contributed by atoms with E-state index in [1.165, 1.54) is 24.3 Å². The molecule has 1 unspecified atom stereocenters. The second-order valence-electron chi connectivity index (χ2n) is 4.49. The third-order valence-corrected chi connectivity index (χ3v) is 3.16. The van der Waals surface area contributed by atoms with E-state index in [1.807, 2.05) is 0 Å². The van der Waals surface area contributed by atoms with Gasteiger partial charge in [-0.15, -0.1) is 6.58 Å². The van der Waals surface area contributed by atoms with Gasteiger partial charge in [-0.05, 0) is 31.3 Å². The van der Waals surface area contributed by atoms with Gasteiger partial charge in [0.2, 0.25) is 5.91 Å². The molecule has 0 aliphatic carbocycles. The molecule has 0 radical (unpaired) electrons. The lowest BCUT2D eigenvalue weighted by molar-refractivity contribution is -0.122. The molecule has 1 aromatic carbocycles. The molecule has 1 aliphatic heterocycles. The maximum atomic E-state index is 12.9. The number of imide groups is 1. The molecule has 1 heterocycles. The molecule has 1 fully saturated rings. The van der Waals surface area contributed by atoms with Crippen LogP contribution >= 0.6 is 0 Å². The molecule has 5 heteroatoms. The molecule has 2 rings (SSSR count). The number of nitrogens with zero attached hydrogens (tertiary/aromatic N) is 2. The summed E-state index contributed by atoms with van der Waals surface area (Å²) < 4.78 is 12.9. The predicted molar refractivity (Wildman–Crippen MR) is 70.1 cm³/mol. The maximum Gasteiger partial charge on any atom is 0.251 e. The molecule has 0 bridgehead atoms. The largest absolute Gasteiger partial charge is 0.291 e. The van der Waals surface area contributed by atoms with Gasteiger partial charge in [0, 0.05) is 6.54 Å². The van der Waals surface area contributed by atoms with Gasteiger partial charge in [0.1, 0.15) is 5.82 Å². The van der Waals surface area contributed by atoms with Crippen LogP contribution in [0.4, 0.5) is 10.1 Å². The van der Waals surface area contributed by atoms with Crippen LogP contribution in [0.2, 0.25) is 0 Å². The summed E-state index contributed by atoms with van der Waals surface area (Å²) in [6, 6.07) is 4.85. The van der Waals surface area contributed by atoms with Gasteiger partial charge in [-0.3, -0.25) is 14.5 Å². The third kappa shape index (κ3) is 2.56. The minimum Gasteiger partial charge on any atom is -0.291 e. The van der Waals surface area contributed by atoms with E-state index in [1.54, 1.807) is 18.0 Å². The zero-order chi connectivity index (χ0) is 14.0. The average molecular weight is 262 g/mol. The van der Waals surface area contributed by atoms with Crippen LogP contribution in [0.25, 0.3) is 0 Å². The van der Waals surface area contributed by atoms with E-state index in [0.29, 0.717) is 12.2 Å². The Hall–Kier alpha value is -2.01. The summed E-state index contributed by atoms with van der Waals surface area (Å²) >= 11 is 0. The first-order valence-corrected chi connectivity index (χ1v) is 5.98. The van der Waals surface area contributed by atoms with Gasteiger partial charge in [-0.25, -0.2) is 9.29 Å². The summed E-state index contributed by atoms with van der Waals surface area (Å²) in [7, 11) is 1.77. The van der Waals surface area contributed by atoms with Gasteiger partial charge < -0.3 is 0 Å². The molecule has 1 atom stereocenters. The minimum atomic E-state index is -0.476. The minimum absolute atomic E-state index is 0.139. The Bertz CT molecular complexity index is 513. The van der Waals surface area contributed by atoms with E-state index in [2.05, 4.69) is 6.58 Å². The fraction of sp³-hybridized carbons (Fsp3) is 0.286. The van der Waals surface area contributed by atoms with Crippen molar-refractivity contribution in [3.05, 3.63) is 42.7 Å². The highest BCUT2D eigenvalue weighted by Gasteiger charge is 2.41. The van der Waals surface area contributed by atoms with Crippen molar-refractivity contribution >= 4 is 17.5 Å². The zero-order valence-electron chi connectivity index (χ0n) is 10.7. The molecule has 100 valence electrons. The quantitative estimate of drug-likeness (QED) is 0.611. The highest BCUT2D eigenvalue weighted by molar-refractivity contribution is 6.22. The van der Waals surface area contributed by atoms with Crippen LogP contribution in [0, 0.1) is 5.82 Å². The Morgan fingerprint density at radius 1 is 1.42 bits per heavy atom. The number of anilines is 1. The van der Waals surface area contributed by atoms with Crippen molar-refractivity contribution in [2.24, 2.45) is 0 Å². The van der Waals surface area contributed by atoms with Crippen LogP contribution in [-0.4, -0.2) is 36.3 Å². The number of likely N-dealkylation sites (N-methyl/N-ethyl adjacent to an activating group) is 1. The lowest BCUT2D eigenvalue weighted by atomic mass is 10.2. The van der Waals surface area contributed by atoms with Crippen molar-refractivity contribution in [1.82, 2.24) is 4.90 Å². The van der Waals surface area contributed by atoms with Crippen molar-refractivity contribution in [3.63, 3.8) is 0 Å². The van der Waals surface area contributed by atoms with E-state index < -0.39 is 11.9 Å². The van der Waals surface area contributed by atoms with Crippen LogP contribution in [0.3, 0.4) is 0 Å². The monoisotopic (exact) mass is 262 g/mol. The molecule has 1 saturated heterocycles. The predicted octanol–water partition coefficient (Wildman–Crippen LogP) is 1.58. The molecule has 1 aromatic rings. The summed E-state index contributed by atoms with van der Waals surface area (Å²) in [5.41, 5.74) is 0.408. The fourth-order valence-corrected chi connectivity index (χ4v) is 2.15. The SMILES string of the molecule is C=CCN(C)C1CC(=O)N(c2ccc(F)cc2)C1=O. The lowest BCUT2D eigenvalue weighted by Crippen LogP contribution is -2.40. The molecule has 2 amide bonds. The van der Waals surface area contributed by atoms with Crippen LogP contribution in [0.1, 0.15) is 6.42 Å². The maximum absolute atomic E-state index is 12.9. The number of benzene rings is 1. The second kappa shape index (κ2) is 5.32. The number of rotatable bonds is 4. The number of hydrogen-bond donors (Lipinski definition) is 0. The summed E-state index contributed by atoms with van der Waals surface area (Å²) in [4.78, 5) is 27.1. The van der Waals surface area contributed by atoms with Gasteiger partial charge in [-0.2, -0.15) is 0 Å². The Morgan fingerprint density at radius 2 is 2.05 bits per heavy atom. The second-order valence-corrected chi connectivity index (χ2v) is 4.49.